The van der Waals surface area contributed by atoms with Crippen molar-refractivity contribution in [2.75, 3.05) is 31.8 Å². The number of nitrogens with one attached hydrogen (secondary N) is 4. The Labute approximate surface area is 538 Å². The van der Waals surface area contributed by atoms with Gasteiger partial charge >= 0.3 is 42.0 Å². The molecule has 6 rings (SSSR count). The van der Waals surface area contributed by atoms with Gasteiger partial charge in [0.25, 0.3) is 6.47 Å². The number of hydrogen-bond acceptors (Lipinski definition) is 21. The van der Waals surface area contributed by atoms with E-state index in [2.05, 4.69) is 26.0 Å². The molecule has 91 heavy (non-hydrogen) atoms. The monoisotopic (exact) mass is 1310 g/mol. The molecule has 25 nitrogen and oxygen atoms in total. The Morgan fingerprint density at radius 1 is 0.868 bits per heavy atom. The van der Waals surface area contributed by atoms with Crippen LogP contribution in [0.2, 0.25) is 0 Å². The van der Waals surface area contributed by atoms with E-state index in [0.29, 0.717) is 28.9 Å². The molecule has 7 N–H and O–H groups in total. The van der Waals surface area contributed by atoms with E-state index in [9.17, 15) is 48.6 Å². The van der Waals surface area contributed by atoms with E-state index in [-0.39, 0.29) is 81.2 Å². The number of aliphatic carboxylic acids is 2. The fourth-order valence-corrected chi connectivity index (χ4v) is 15.1. The number of carbonyl (C=O) groups is 10. The van der Waals surface area contributed by atoms with Crippen LogP contribution in [0.3, 0.4) is 0 Å². The van der Waals surface area contributed by atoms with Crippen molar-refractivity contribution < 1.29 is 101 Å². The topological polar surface area (TPSA) is 353 Å². The predicted molar refractivity (Wildman–Crippen MR) is 332 cm³/mol. The normalized spacial score (nSPS) is 26.2. The van der Waals surface area contributed by atoms with E-state index in [1.807, 2.05) is 13.8 Å². The van der Waals surface area contributed by atoms with Gasteiger partial charge in [-0.1, -0.05) is 90.9 Å². The summed E-state index contributed by atoms with van der Waals surface area (Å²) in [6, 6.07) is 12.8. The van der Waals surface area contributed by atoms with Gasteiger partial charge in [-0.3, -0.25) is 24.0 Å². The van der Waals surface area contributed by atoms with Crippen LogP contribution in [0, 0.1) is 22.7 Å². The Bertz CT molecular complexity index is 2960. The first-order valence-electron chi connectivity index (χ1n) is 30.5. The maximum absolute atomic E-state index is 15.9. The summed E-state index contributed by atoms with van der Waals surface area (Å²) < 4.78 is 49.0. The number of methoxy groups -OCH3 is 1. The van der Waals surface area contributed by atoms with Crippen molar-refractivity contribution in [3.63, 3.8) is 0 Å². The first-order valence-corrected chi connectivity index (χ1v) is 33.0. The number of carboxylic acid groups (broad SMARTS) is 2. The van der Waals surface area contributed by atoms with Crippen LogP contribution in [0.15, 0.2) is 71.8 Å². The molecule has 2 aromatic rings. The molecule has 0 spiro atoms. The molecule has 0 radical (unpaired) electrons. The molecule has 0 aromatic heterocycles. The SMILES string of the molecule is CO[C@H]1C[C@H]2OC[C@@]2(OC(C)C)[C@H]2[C@H](OC(=O)c3ccccc3)[C@]3(O)C[C@H](OC(=O)[C@H](OC(=O)CCCSSCC(=O)NCCCC[C@H](NC(=O)N[C@@H](CCC(=O)O)OC=O)C(=O)O)[C@@H](NC(=O)OC(C)(C)C)c4ccccc4)C(C)=C([C@@H](C)C(=O)[C@]12C)C3(C)C. The maximum Gasteiger partial charge on any atom is 0.408 e. The highest BCUT2D eigenvalue weighted by molar-refractivity contribution is 8.76. The van der Waals surface area contributed by atoms with Gasteiger partial charge in [0.15, 0.2) is 6.23 Å². The molecule has 2 bridgehead atoms. The molecule has 502 valence electrons. The molecule has 3 aliphatic carbocycles. The number of urea groups is 1. The quantitative estimate of drug-likeness (QED) is 0.00748. The minimum Gasteiger partial charge on any atom is -0.481 e. The van der Waals surface area contributed by atoms with E-state index in [0.717, 1.165) is 0 Å². The molecule has 1 aliphatic heterocycles. The number of carboxylic acids is 2. The Morgan fingerprint density at radius 3 is 2.13 bits per heavy atom. The van der Waals surface area contributed by atoms with Gasteiger partial charge in [0.2, 0.25) is 12.0 Å². The lowest BCUT2D eigenvalue weighted by Crippen LogP contribution is -2.81. The van der Waals surface area contributed by atoms with Crippen LogP contribution < -0.4 is 21.3 Å². The summed E-state index contributed by atoms with van der Waals surface area (Å²) in [6.45, 7) is 17.6. The average Bonchev–Trinajstić information content (AvgIpc) is 0.671. The molecule has 1 saturated heterocycles. The lowest BCUT2D eigenvalue weighted by molar-refractivity contribution is -0.364. The smallest absolute Gasteiger partial charge is 0.408 e. The second kappa shape index (κ2) is 31.7. The molecular formula is C64H88N4O21S2. The number of fused-ring (bicyclic) bond motifs is 5. The van der Waals surface area contributed by atoms with E-state index >= 15 is 9.59 Å². The molecule has 2 saturated carbocycles. The molecule has 3 fully saturated rings. The highest BCUT2D eigenvalue weighted by Gasteiger charge is 2.77. The Balaban J connectivity index is 1.20. The van der Waals surface area contributed by atoms with Crippen LogP contribution in [-0.4, -0.2) is 173 Å². The number of esters is 3. The van der Waals surface area contributed by atoms with Gasteiger partial charge in [-0.25, -0.2) is 24.0 Å². The minimum absolute atomic E-state index is 0.00179. The largest absolute Gasteiger partial charge is 0.481 e. The zero-order valence-corrected chi connectivity index (χ0v) is 55.0. The average molecular weight is 1310 g/mol. The number of Topliss-reactive ketones (excluding diaryl/α,β-unsaturated/α-hetero) is 1. The number of hydrogen-bond donors (Lipinski definition) is 7. The van der Waals surface area contributed by atoms with Gasteiger partial charge in [0, 0.05) is 62.3 Å². The minimum atomic E-state index is -2.17. The predicted octanol–water partition coefficient (Wildman–Crippen LogP) is 7.17. The van der Waals surface area contributed by atoms with Crippen LogP contribution in [0.5, 0.6) is 0 Å². The summed E-state index contributed by atoms with van der Waals surface area (Å²) in [5.41, 5.74) is -5.97. The maximum atomic E-state index is 15.9. The third-order valence-electron chi connectivity index (χ3n) is 17.3. The highest BCUT2D eigenvalue weighted by Crippen LogP contribution is 2.65. The van der Waals surface area contributed by atoms with Gasteiger partial charge in [-0.05, 0) is 103 Å². The van der Waals surface area contributed by atoms with Gasteiger partial charge < -0.3 is 74.5 Å². The van der Waals surface area contributed by atoms with Crippen LogP contribution in [-0.2, 0) is 71.5 Å². The third kappa shape index (κ3) is 17.7. The highest BCUT2D eigenvalue weighted by atomic mass is 33.1. The van der Waals surface area contributed by atoms with E-state index in [1.54, 1.807) is 116 Å². The number of carbonyl (C=O) groups excluding carboxylic acids is 8. The number of aliphatic hydroxyl groups is 1. The number of ether oxygens (including phenoxy) is 8. The summed E-state index contributed by atoms with van der Waals surface area (Å²) in [7, 11) is 4.01. The van der Waals surface area contributed by atoms with E-state index in [1.165, 1.54) is 28.7 Å². The molecule has 4 amide bonds. The summed E-state index contributed by atoms with van der Waals surface area (Å²) in [5.74, 6) is -7.63. The number of benzene rings is 2. The summed E-state index contributed by atoms with van der Waals surface area (Å²) in [5, 5.41) is 42.6. The van der Waals surface area contributed by atoms with E-state index in [4.69, 9.17) is 38.3 Å². The first kappa shape index (κ1) is 73.3. The van der Waals surface area contributed by atoms with Crippen molar-refractivity contribution in [1.29, 1.82) is 0 Å². The van der Waals surface area contributed by atoms with Crippen molar-refractivity contribution in [3.8, 4) is 0 Å². The van der Waals surface area contributed by atoms with Gasteiger partial charge in [-0.15, -0.1) is 0 Å². The molecule has 27 heteroatoms. The molecule has 2 aromatic carbocycles. The lowest BCUT2D eigenvalue weighted by atomic mass is 9.43. The van der Waals surface area contributed by atoms with Crippen LogP contribution >= 0.6 is 21.6 Å². The number of alkyl carbamates (subject to hydrolysis) is 1. The van der Waals surface area contributed by atoms with Crippen molar-refractivity contribution in [2.24, 2.45) is 22.7 Å². The molecule has 4 aliphatic rings. The first-order chi connectivity index (χ1) is 42.8. The summed E-state index contributed by atoms with van der Waals surface area (Å²) in [6.07, 6.45) is -9.14. The number of rotatable bonds is 31. The zero-order valence-electron chi connectivity index (χ0n) is 53.4. The fraction of sp³-hybridized carbons (Fsp3) is 0.625. The van der Waals surface area contributed by atoms with Crippen LogP contribution in [0.1, 0.15) is 149 Å². The standard InChI is InChI=1S/C64H88N4O21S2/c1-36(2)88-63-34-83-44(63)31-43(82-11)62(10)52(63)54(87-56(77)40-23-16-13-17-24-40)64(81)32-42(37(3)49(61(64,8)9)38(4)53(62)74)85-57(78)51(50(39-21-14-12-15-22-39)68-59(80)89-60(5,6)7)86-48(73)26-20-30-90-91-33-45(70)65-29-19-18-25-41(55(75)76)66-58(79)67-46(84-35-69)27-28-47(71)72/h12-17,21-24,35-36,38,41-44,46,50-52,54,81H,18-20,25-34H2,1-11H3,(H,65,70)(H,68,80)(H,71,72)(H,75,76)(H2,66,67,79)/t38-,41+,42+,43+,44-,46-,50+,51-,52+,54+,62-,63+,64-/m1/s1. The number of amides is 4. The third-order valence-corrected chi connectivity index (χ3v) is 19.7. The van der Waals surface area contributed by atoms with Gasteiger partial charge in [0.1, 0.15) is 46.9 Å². The van der Waals surface area contributed by atoms with Crippen molar-refractivity contribution in [3.05, 3.63) is 82.9 Å². The van der Waals surface area contributed by atoms with Gasteiger partial charge in [-0.2, -0.15) is 0 Å². The van der Waals surface area contributed by atoms with Crippen molar-refractivity contribution in [1.82, 2.24) is 21.3 Å². The second-order valence-electron chi connectivity index (χ2n) is 25.3. The fourth-order valence-electron chi connectivity index (χ4n) is 13.2. The molecule has 13 atom stereocenters. The summed E-state index contributed by atoms with van der Waals surface area (Å²) in [4.78, 5) is 132. The second-order valence-corrected chi connectivity index (χ2v) is 27.9. The number of unbranched alkanes of at least 4 members (excludes halogenated alkanes) is 1. The number of ketones is 1. The van der Waals surface area contributed by atoms with Crippen LogP contribution in [0.25, 0.3) is 0 Å². The summed E-state index contributed by atoms with van der Waals surface area (Å²) >= 11 is 0. The lowest BCUT2D eigenvalue weighted by Gasteiger charge is -2.68. The molecule has 1 heterocycles. The Hall–Kier alpha value is -6.78. The van der Waals surface area contributed by atoms with Crippen molar-refractivity contribution in [2.45, 2.75) is 199 Å². The van der Waals surface area contributed by atoms with Crippen LogP contribution in [0.4, 0.5) is 9.59 Å². The van der Waals surface area contributed by atoms with Gasteiger partial charge in [0.05, 0.1) is 48.1 Å². The Morgan fingerprint density at radius 2 is 1.54 bits per heavy atom. The van der Waals surface area contributed by atoms with E-state index < -0.39 is 149 Å². The molecular weight excluding hydrogens is 1220 g/mol. The molecule has 0 unspecified atom stereocenters. The zero-order chi connectivity index (χ0) is 67.2. The Kier molecular flexibility index (Phi) is 25.5. The van der Waals surface area contributed by atoms with Crippen molar-refractivity contribution >= 4 is 81.7 Å².